The van der Waals surface area contributed by atoms with E-state index in [0.29, 0.717) is 11.9 Å². The van der Waals surface area contributed by atoms with Crippen molar-refractivity contribution in [1.29, 1.82) is 0 Å². The molecule has 0 amide bonds. The molecule has 0 radical (unpaired) electrons. The van der Waals surface area contributed by atoms with E-state index in [4.69, 9.17) is 11.6 Å². The number of benzene rings is 1. The van der Waals surface area contributed by atoms with Crippen molar-refractivity contribution in [2.45, 2.75) is 19.5 Å². The number of nitrogens with zero attached hydrogens (tertiary/aromatic N) is 1. The molecule has 1 rings (SSSR count). The Morgan fingerprint density at radius 3 is 2.46 bits per heavy atom. The predicted molar refractivity (Wildman–Crippen MR) is 58.1 cm³/mol. The number of halogens is 1. The lowest BCUT2D eigenvalue weighted by Gasteiger charge is -2.22. The summed E-state index contributed by atoms with van der Waals surface area (Å²) in [6, 6.07) is 10.9. The van der Waals surface area contributed by atoms with Crippen molar-refractivity contribution in [3.05, 3.63) is 35.9 Å². The summed E-state index contributed by atoms with van der Waals surface area (Å²) < 4.78 is 0. The summed E-state index contributed by atoms with van der Waals surface area (Å²) >= 11 is 5.77. The zero-order valence-corrected chi connectivity index (χ0v) is 8.96. The van der Waals surface area contributed by atoms with Gasteiger partial charge in [0.05, 0.1) is 0 Å². The third kappa shape index (κ3) is 3.37. The summed E-state index contributed by atoms with van der Waals surface area (Å²) in [7, 11) is 2.10. The van der Waals surface area contributed by atoms with Crippen LogP contribution in [0, 0.1) is 0 Å². The maximum Gasteiger partial charge on any atom is 0.0376 e. The van der Waals surface area contributed by atoms with Crippen molar-refractivity contribution >= 4 is 11.6 Å². The van der Waals surface area contributed by atoms with Gasteiger partial charge in [-0.15, -0.1) is 11.6 Å². The van der Waals surface area contributed by atoms with Crippen molar-refractivity contribution < 1.29 is 0 Å². The molecule has 2 heteroatoms. The van der Waals surface area contributed by atoms with Crippen molar-refractivity contribution in [3.8, 4) is 0 Å². The van der Waals surface area contributed by atoms with E-state index < -0.39 is 0 Å². The maximum atomic E-state index is 5.77. The normalized spacial score (nSPS) is 13.2. The molecule has 0 aliphatic heterocycles. The zero-order chi connectivity index (χ0) is 9.68. The second-order valence-corrected chi connectivity index (χ2v) is 3.71. The largest absolute Gasteiger partial charge is 0.298 e. The number of hydrogen-bond acceptors (Lipinski definition) is 1. The Balaban J connectivity index is 2.50. The molecule has 0 bridgehead atoms. The Bertz CT molecular complexity index is 235. The molecule has 0 saturated heterocycles. The molecule has 1 atom stereocenters. The fourth-order valence-corrected chi connectivity index (χ4v) is 1.38. The van der Waals surface area contributed by atoms with Crippen LogP contribution in [0.4, 0.5) is 0 Å². The molecule has 0 heterocycles. The monoisotopic (exact) mass is 197 g/mol. The Kier molecular flexibility index (Phi) is 4.26. The quantitative estimate of drug-likeness (QED) is 0.671. The third-order valence-electron chi connectivity index (χ3n) is 2.25. The fraction of sp³-hybridized carbons (Fsp3) is 0.455. The molecular weight excluding hydrogens is 182 g/mol. The van der Waals surface area contributed by atoms with Gasteiger partial charge in [0.15, 0.2) is 0 Å². The standard InChI is InChI=1S/C11H16ClN/c1-10(8-12)13(2)9-11-6-4-3-5-7-11/h3-7,10H,8-9H2,1-2H3. The summed E-state index contributed by atoms with van der Waals surface area (Å²) in [6.45, 7) is 3.10. The van der Waals surface area contributed by atoms with E-state index in [1.165, 1.54) is 5.56 Å². The minimum absolute atomic E-state index is 0.432. The van der Waals surface area contributed by atoms with E-state index >= 15 is 0 Å². The molecular formula is C11H16ClN. The molecule has 1 aromatic rings. The van der Waals surface area contributed by atoms with Crippen LogP contribution >= 0.6 is 11.6 Å². The molecule has 0 aliphatic carbocycles. The third-order valence-corrected chi connectivity index (χ3v) is 2.70. The van der Waals surface area contributed by atoms with Crippen molar-refractivity contribution in [2.24, 2.45) is 0 Å². The topological polar surface area (TPSA) is 3.24 Å². The van der Waals surface area contributed by atoms with Crippen LogP contribution in [0.1, 0.15) is 12.5 Å². The Morgan fingerprint density at radius 2 is 1.92 bits per heavy atom. The molecule has 1 unspecified atom stereocenters. The second-order valence-electron chi connectivity index (χ2n) is 3.40. The second kappa shape index (κ2) is 5.25. The summed E-state index contributed by atoms with van der Waals surface area (Å²) in [6.07, 6.45) is 0. The average Bonchev–Trinajstić information content (AvgIpc) is 2.18. The van der Waals surface area contributed by atoms with Crippen LogP contribution < -0.4 is 0 Å². The van der Waals surface area contributed by atoms with Gasteiger partial charge in [-0.3, -0.25) is 4.90 Å². The van der Waals surface area contributed by atoms with Gasteiger partial charge in [-0.25, -0.2) is 0 Å². The lowest BCUT2D eigenvalue weighted by molar-refractivity contribution is 0.268. The minimum atomic E-state index is 0.432. The highest BCUT2D eigenvalue weighted by Gasteiger charge is 2.07. The first-order chi connectivity index (χ1) is 6.24. The van der Waals surface area contributed by atoms with Gasteiger partial charge in [-0.2, -0.15) is 0 Å². The van der Waals surface area contributed by atoms with E-state index in [2.05, 4.69) is 43.1 Å². The van der Waals surface area contributed by atoms with Crippen LogP contribution in [-0.4, -0.2) is 23.9 Å². The summed E-state index contributed by atoms with van der Waals surface area (Å²) in [5, 5.41) is 0. The van der Waals surface area contributed by atoms with E-state index in [9.17, 15) is 0 Å². The van der Waals surface area contributed by atoms with Crippen LogP contribution in [0.5, 0.6) is 0 Å². The van der Waals surface area contributed by atoms with Gasteiger partial charge in [0, 0.05) is 18.5 Å². The lowest BCUT2D eigenvalue weighted by atomic mass is 10.2. The Labute approximate surface area is 85.3 Å². The number of hydrogen-bond donors (Lipinski definition) is 0. The van der Waals surface area contributed by atoms with Crippen LogP contribution in [0.2, 0.25) is 0 Å². The summed E-state index contributed by atoms with van der Waals surface area (Å²) in [5.41, 5.74) is 1.34. The maximum absolute atomic E-state index is 5.77. The number of rotatable bonds is 4. The molecule has 0 saturated carbocycles. The first-order valence-electron chi connectivity index (χ1n) is 4.54. The fourth-order valence-electron chi connectivity index (χ4n) is 1.15. The van der Waals surface area contributed by atoms with Crippen molar-refractivity contribution in [3.63, 3.8) is 0 Å². The van der Waals surface area contributed by atoms with Crippen molar-refractivity contribution in [2.75, 3.05) is 12.9 Å². The average molecular weight is 198 g/mol. The van der Waals surface area contributed by atoms with Gasteiger partial charge in [0.1, 0.15) is 0 Å². The summed E-state index contributed by atoms with van der Waals surface area (Å²) in [4.78, 5) is 2.25. The molecule has 13 heavy (non-hydrogen) atoms. The molecule has 1 aromatic carbocycles. The van der Waals surface area contributed by atoms with Crippen LogP contribution in [0.3, 0.4) is 0 Å². The number of alkyl halides is 1. The van der Waals surface area contributed by atoms with Gasteiger partial charge in [0.2, 0.25) is 0 Å². The smallest absolute Gasteiger partial charge is 0.0376 e. The van der Waals surface area contributed by atoms with E-state index in [1.807, 2.05) is 6.07 Å². The molecule has 0 aromatic heterocycles. The predicted octanol–water partition coefficient (Wildman–Crippen LogP) is 2.75. The molecule has 1 nitrogen and oxygen atoms in total. The van der Waals surface area contributed by atoms with Crippen LogP contribution in [0.15, 0.2) is 30.3 Å². The highest BCUT2D eigenvalue weighted by molar-refractivity contribution is 6.18. The Hall–Kier alpha value is -0.530. The van der Waals surface area contributed by atoms with Gasteiger partial charge in [-0.05, 0) is 19.5 Å². The Morgan fingerprint density at radius 1 is 1.31 bits per heavy atom. The highest BCUT2D eigenvalue weighted by atomic mass is 35.5. The first kappa shape index (κ1) is 10.6. The molecule has 0 fully saturated rings. The van der Waals surface area contributed by atoms with Crippen LogP contribution in [-0.2, 0) is 6.54 Å². The first-order valence-corrected chi connectivity index (χ1v) is 5.07. The highest BCUT2D eigenvalue weighted by Crippen LogP contribution is 2.06. The van der Waals surface area contributed by atoms with E-state index in [-0.39, 0.29) is 0 Å². The SMILES string of the molecule is CC(CCl)N(C)Cc1ccccc1. The molecule has 0 aliphatic rings. The zero-order valence-electron chi connectivity index (χ0n) is 8.20. The van der Waals surface area contributed by atoms with Crippen molar-refractivity contribution in [1.82, 2.24) is 4.90 Å². The van der Waals surface area contributed by atoms with Crippen LogP contribution in [0.25, 0.3) is 0 Å². The van der Waals surface area contributed by atoms with Gasteiger partial charge < -0.3 is 0 Å². The molecule has 0 spiro atoms. The lowest BCUT2D eigenvalue weighted by Crippen LogP contribution is -2.29. The molecule has 0 N–H and O–H groups in total. The van der Waals surface area contributed by atoms with Gasteiger partial charge in [-0.1, -0.05) is 30.3 Å². The van der Waals surface area contributed by atoms with E-state index in [1.54, 1.807) is 0 Å². The van der Waals surface area contributed by atoms with Gasteiger partial charge in [0.25, 0.3) is 0 Å². The van der Waals surface area contributed by atoms with E-state index in [0.717, 1.165) is 6.54 Å². The van der Waals surface area contributed by atoms with Gasteiger partial charge >= 0.3 is 0 Å². The summed E-state index contributed by atoms with van der Waals surface area (Å²) in [5.74, 6) is 0.684. The molecule has 72 valence electrons. The minimum Gasteiger partial charge on any atom is -0.298 e.